The minimum Gasteiger partial charge on any atom is -0.497 e. The molecule has 0 fully saturated rings. The maximum absolute atomic E-state index is 5.41. The molecule has 51 heavy (non-hydrogen) atoms. The lowest BCUT2D eigenvalue weighted by atomic mass is 10.0. The Balaban J connectivity index is 1.10. The van der Waals surface area contributed by atoms with Gasteiger partial charge in [0.1, 0.15) is 5.75 Å². The predicted octanol–water partition coefficient (Wildman–Crippen LogP) is 9.59. The molecule has 0 aliphatic carbocycles. The van der Waals surface area contributed by atoms with Gasteiger partial charge < -0.3 is 18.8 Å². The first kappa shape index (κ1) is 33.8. The molecule has 0 amide bonds. The Hall–Kier alpha value is -4.32. The topological polar surface area (TPSA) is 25.6 Å². The largest absolute Gasteiger partial charge is 0.497 e. The standard InChI is InChI=1S/C46H54N4O/c1-32-10-13-35(14-11-32)22-26-49-43-8-6-24-47(4)30-41(43)40-29-37(17-21-46(40)49)34(3)48-25-7-9-44-42(31-48)39-28-33(2)12-20-45(39)50(44)27-23-36-15-18-38(51-5)19-16-36/h10-21,28-29,34H,6-9,22-27,30-31H2,1-5H3. The summed E-state index contributed by atoms with van der Waals surface area (Å²) in [5.41, 5.74) is 15.9. The van der Waals surface area contributed by atoms with Crippen molar-refractivity contribution < 1.29 is 4.74 Å². The summed E-state index contributed by atoms with van der Waals surface area (Å²) in [6.45, 7) is 13.2. The zero-order valence-corrected chi connectivity index (χ0v) is 31.3. The molecule has 4 heterocycles. The van der Waals surface area contributed by atoms with Gasteiger partial charge in [-0.3, -0.25) is 4.90 Å². The Bertz CT molecular complexity index is 2150. The van der Waals surface area contributed by atoms with Gasteiger partial charge >= 0.3 is 0 Å². The molecule has 0 spiro atoms. The van der Waals surface area contributed by atoms with E-state index >= 15 is 0 Å². The van der Waals surface area contributed by atoms with Gasteiger partial charge in [-0.25, -0.2) is 0 Å². The molecule has 2 aromatic heterocycles. The van der Waals surface area contributed by atoms with Crippen LogP contribution < -0.4 is 4.74 Å². The Morgan fingerprint density at radius 1 is 0.647 bits per heavy atom. The Morgan fingerprint density at radius 2 is 1.22 bits per heavy atom. The lowest BCUT2D eigenvalue weighted by Gasteiger charge is -2.28. The van der Waals surface area contributed by atoms with E-state index in [1.54, 1.807) is 18.4 Å². The summed E-state index contributed by atoms with van der Waals surface area (Å²) in [6.07, 6.45) is 6.75. The van der Waals surface area contributed by atoms with Crippen molar-refractivity contribution in [2.24, 2.45) is 0 Å². The summed E-state index contributed by atoms with van der Waals surface area (Å²) in [5.74, 6) is 0.918. The molecule has 1 atom stereocenters. The van der Waals surface area contributed by atoms with Gasteiger partial charge in [0, 0.05) is 65.4 Å². The highest BCUT2D eigenvalue weighted by atomic mass is 16.5. The van der Waals surface area contributed by atoms with Crippen LogP contribution in [0.2, 0.25) is 0 Å². The molecule has 264 valence electrons. The second-order valence-corrected chi connectivity index (χ2v) is 15.4. The highest BCUT2D eigenvalue weighted by Crippen LogP contribution is 2.37. The summed E-state index contributed by atoms with van der Waals surface area (Å²) in [4.78, 5) is 5.27. The normalized spacial score (nSPS) is 16.2. The molecule has 4 aromatic carbocycles. The molecule has 5 nitrogen and oxygen atoms in total. The second-order valence-electron chi connectivity index (χ2n) is 15.4. The third kappa shape index (κ3) is 6.74. The zero-order chi connectivity index (χ0) is 35.1. The van der Waals surface area contributed by atoms with Crippen LogP contribution in [-0.2, 0) is 51.9 Å². The van der Waals surface area contributed by atoms with Crippen LogP contribution in [0.3, 0.4) is 0 Å². The van der Waals surface area contributed by atoms with Gasteiger partial charge in [0.25, 0.3) is 0 Å². The van der Waals surface area contributed by atoms with Crippen molar-refractivity contribution in [3.05, 3.63) is 135 Å². The van der Waals surface area contributed by atoms with Crippen LogP contribution in [0, 0.1) is 13.8 Å². The SMILES string of the molecule is COc1ccc(CCn2c3c(c4cc(C)ccc42)CN(C(C)c2ccc4c(c2)c2c(n4CCc4ccc(C)cc4)CCCN(C)C2)CCC3)cc1. The van der Waals surface area contributed by atoms with Gasteiger partial charge in [0.2, 0.25) is 0 Å². The van der Waals surface area contributed by atoms with Crippen molar-refractivity contribution in [2.45, 2.75) is 91.5 Å². The number of rotatable bonds is 9. The monoisotopic (exact) mass is 678 g/mol. The molecule has 1 unspecified atom stereocenters. The predicted molar refractivity (Wildman–Crippen MR) is 212 cm³/mol. The van der Waals surface area contributed by atoms with E-state index in [4.69, 9.17) is 4.74 Å². The molecule has 2 aliphatic heterocycles. The molecular formula is C46H54N4O. The van der Waals surface area contributed by atoms with Crippen LogP contribution >= 0.6 is 0 Å². The lowest BCUT2D eigenvalue weighted by Crippen LogP contribution is -2.26. The van der Waals surface area contributed by atoms with Crippen molar-refractivity contribution in [2.75, 3.05) is 27.2 Å². The first-order valence-electron chi connectivity index (χ1n) is 19.2. The van der Waals surface area contributed by atoms with Crippen molar-refractivity contribution in [1.82, 2.24) is 18.9 Å². The van der Waals surface area contributed by atoms with Gasteiger partial charge in [0.15, 0.2) is 0 Å². The van der Waals surface area contributed by atoms with Gasteiger partial charge in [0.05, 0.1) is 7.11 Å². The molecule has 0 saturated heterocycles. The highest BCUT2D eigenvalue weighted by Gasteiger charge is 2.27. The number of nitrogens with zero attached hydrogens (tertiary/aromatic N) is 4. The van der Waals surface area contributed by atoms with E-state index in [2.05, 4.69) is 132 Å². The van der Waals surface area contributed by atoms with Gasteiger partial charge in [-0.05, 0) is 144 Å². The number of benzene rings is 4. The van der Waals surface area contributed by atoms with Gasteiger partial charge in [-0.1, -0.05) is 59.7 Å². The number of hydrogen-bond donors (Lipinski definition) is 0. The number of aryl methyl sites for hydroxylation is 6. The van der Waals surface area contributed by atoms with Gasteiger partial charge in [-0.15, -0.1) is 0 Å². The third-order valence-corrected chi connectivity index (χ3v) is 11.9. The minimum atomic E-state index is 0.331. The van der Waals surface area contributed by atoms with Crippen molar-refractivity contribution in [3.8, 4) is 5.75 Å². The number of hydrogen-bond acceptors (Lipinski definition) is 3. The third-order valence-electron chi connectivity index (χ3n) is 11.9. The minimum absolute atomic E-state index is 0.331. The number of fused-ring (bicyclic) bond motifs is 6. The maximum Gasteiger partial charge on any atom is 0.118 e. The summed E-state index contributed by atoms with van der Waals surface area (Å²) in [6, 6.07) is 32.6. The van der Waals surface area contributed by atoms with E-state index in [-0.39, 0.29) is 0 Å². The molecule has 0 radical (unpaired) electrons. The van der Waals surface area contributed by atoms with E-state index in [1.807, 2.05) is 0 Å². The molecule has 6 aromatic rings. The Morgan fingerprint density at radius 3 is 1.88 bits per heavy atom. The summed E-state index contributed by atoms with van der Waals surface area (Å²) in [5, 5.41) is 2.90. The molecular weight excluding hydrogens is 625 g/mol. The fourth-order valence-corrected chi connectivity index (χ4v) is 8.95. The van der Waals surface area contributed by atoms with Crippen LogP contribution in [-0.4, -0.2) is 46.2 Å². The Kier molecular flexibility index (Phi) is 9.52. The fraction of sp³-hybridized carbons (Fsp3) is 0.391. The summed E-state index contributed by atoms with van der Waals surface area (Å²) < 4.78 is 10.7. The number of ether oxygens (including phenoxy) is 1. The maximum atomic E-state index is 5.41. The van der Waals surface area contributed by atoms with Crippen molar-refractivity contribution >= 4 is 21.8 Å². The zero-order valence-electron chi connectivity index (χ0n) is 31.3. The van der Waals surface area contributed by atoms with Crippen molar-refractivity contribution in [1.29, 1.82) is 0 Å². The van der Waals surface area contributed by atoms with E-state index in [0.29, 0.717) is 6.04 Å². The lowest BCUT2D eigenvalue weighted by molar-refractivity contribution is 0.205. The molecule has 2 aliphatic rings. The first-order chi connectivity index (χ1) is 24.9. The van der Waals surface area contributed by atoms with Crippen molar-refractivity contribution in [3.63, 3.8) is 0 Å². The Labute approximate surface area is 304 Å². The highest BCUT2D eigenvalue weighted by molar-refractivity contribution is 5.87. The van der Waals surface area contributed by atoms with Crippen LogP contribution in [0.1, 0.15) is 76.1 Å². The summed E-state index contributed by atoms with van der Waals surface area (Å²) in [7, 11) is 4.03. The number of aromatic nitrogens is 2. The van der Waals surface area contributed by atoms with E-state index in [0.717, 1.165) is 70.7 Å². The average molecular weight is 679 g/mol. The molecule has 0 bridgehead atoms. The van der Waals surface area contributed by atoms with E-state index in [9.17, 15) is 0 Å². The van der Waals surface area contributed by atoms with Crippen LogP contribution in [0.15, 0.2) is 84.9 Å². The summed E-state index contributed by atoms with van der Waals surface area (Å²) >= 11 is 0. The average Bonchev–Trinajstić information content (AvgIpc) is 3.35. The molecule has 8 rings (SSSR count). The van der Waals surface area contributed by atoms with E-state index < -0.39 is 0 Å². The van der Waals surface area contributed by atoms with Crippen LogP contribution in [0.25, 0.3) is 21.8 Å². The molecule has 0 N–H and O–H groups in total. The van der Waals surface area contributed by atoms with Gasteiger partial charge in [-0.2, -0.15) is 0 Å². The fourth-order valence-electron chi connectivity index (χ4n) is 8.95. The van der Waals surface area contributed by atoms with Crippen LogP contribution in [0.4, 0.5) is 0 Å². The molecule has 5 heteroatoms. The smallest absolute Gasteiger partial charge is 0.118 e. The van der Waals surface area contributed by atoms with E-state index in [1.165, 1.54) is 73.7 Å². The molecule has 0 saturated carbocycles. The van der Waals surface area contributed by atoms with Crippen LogP contribution in [0.5, 0.6) is 5.75 Å². The second kappa shape index (κ2) is 14.4. The first-order valence-corrected chi connectivity index (χ1v) is 19.2. The quantitative estimate of drug-likeness (QED) is 0.152. The number of methoxy groups -OCH3 is 1.